The molecule has 2 rings (SSSR count). The highest BCUT2D eigenvalue weighted by Crippen LogP contribution is 2.34. The molecule has 1 aliphatic rings. The third-order valence-electron chi connectivity index (χ3n) is 3.58. The van der Waals surface area contributed by atoms with Crippen molar-refractivity contribution in [3.63, 3.8) is 0 Å². The van der Waals surface area contributed by atoms with Crippen LogP contribution in [0.25, 0.3) is 0 Å². The fourth-order valence-electron chi connectivity index (χ4n) is 2.62. The van der Waals surface area contributed by atoms with E-state index in [1.54, 1.807) is 0 Å². The summed E-state index contributed by atoms with van der Waals surface area (Å²) < 4.78 is 0. The number of benzene rings is 1. The molecule has 4 heteroatoms. The Bertz CT molecular complexity index is 470. The maximum atomic E-state index is 11.8. The molecule has 1 aromatic rings. The van der Waals surface area contributed by atoms with Crippen LogP contribution in [0.1, 0.15) is 42.7 Å². The van der Waals surface area contributed by atoms with Crippen molar-refractivity contribution in [1.29, 1.82) is 0 Å². The van der Waals surface area contributed by atoms with Crippen molar-refractivity contribution in [2.75, 3.05) is 6.54 Å². The smallest absolute Gasteiger partial charge is 0.303 e. The summed E-state index contributed by atoms with van der Waals surface area (Å²) in [7, 11) is 0. The summed E-state index contributed by atoms with van der Waals surface area (Å²) in [5, 5.41) is 11.3. The molecule has 0 spiro atoms. The van der Waals surface area contributed by atoms with Gasteiger partial charge in [0.25, 0.3) is 0 Å². The van der Waals surface area contributed by atoms with Gasteiger partial charge >= 0.3 is 5.97 Å². The number of carboxylic acid groups (broad SMARTS) is 1. The molecule has 0 heterocycles. The molecule has 4 nitrogen and oxygen atoms in total. The van der Waals surface area contributed by atoms with Crippen LogP contribution >= 0.6 is 0 Å². The van der Waals surface area contributed by atoms with E-state index in [1.807, 2.05) is 12.1 Å². The van der Waals surface area contributed by atoms with E-state index in [-0.39, 0.29) is 12.3 Å². The average molecular weight is 261 g/mol. The Morgan fingerprint density at radius 3 is 2.89 bits per heavy atom. The van der Waals surface area contributed by atoms with Crippen molar-refractivity contribution < 1.29 is 14.7 Å². The van der Waals surface area contributed by atoms with E-state index in [4.69, 9.17) is 5.11 Å². The number of fused-ring (bicyclic) bond motifs is 1. The molecular formula is C15H19NO3. The highest BCUT2D eigenvalue weighted by molar-refractivity contribution is 5.77. The van der Waals surface area contributed by atoms with E-state index in [0.29, 0.717) is 25.3 Å². The second-order valence-electron chi connectivity index (χ2n) is 4.99. The molecule has 0 saturated heterocycles. The van der Waals surface area contributed by atoms with Crippen LogP contribution in [0.3, 0.4) is 0 Å². The minimum atomic E-state index is -0.820. The topological polar surface area (TPSA) is 66.4 Å². The molecule has 2 N–H and O–H groups in total. The fraction of sp³-hybridized carbons (Fsp3) is 0.467. The van der Waals surface area contributed by atoms with Crippen molar-refractivity contribution in [3.8, 4) is 0 Å². The molecule has 1 aliphatic carbocycles. The molecule has 1 unspecified atom stereocenters. The standard InChI is InChI=1S/C15H19NO3/c17-14(16-9-3-6-15(18)19)10-12-8-7-11-4-1-2-5-13(11)12/h1-2,4-5,12H,3,6-10H2,(H,16,17)(H,18,19). The highest BCUT2D eigenvalue weighted by Gasteiger charge is 2.23. The number of carbonyl (C=O) groups is 2. The Morgan fingerprint density at radius 1 is 1.32 bits per heavy atom. The Balaban J connectivity index is 1.76. The largest absolute Gasteiger partial charge is 0.481 e. The lowest BCUT2D eigenvalue weighted by molar-refractivity contribution is -0.137. The number of nitrogens with one attached hydrogen (secondary N) is 1. The van der Waals surface area contributed by atoms with E-state index < -0.39 is 5.97 Å². The normalized spacial score (nSPS) is 16.9. The zero-order valence-corrected chi connectivity index (χ0v) is 10.9. The van der Waals surface area contributed by atoms with Gasteiger partial charge in [-0.3, -0.25) is 9.59 Å². The average Bonchev–Trinajstić information content (AvgIpc) is 2.78. The second-order valence-corrected chi connectivity index (χ2v) is 4.99. The molecule has 0 fully saturated rings. The van der Waals surface area contributed by atoms with Gasteiger partial charge in [-0.05, 0) is 36.3 Å². The summed E-state index contributed by atoms with van der Waals surface area (Å²) in [6.45, 7) is 0.444. The van der Waals surface area contributed by atoms with Crippen molar-refractivity contribution >= 4 is 11.9 Å². The Labute approximate surface area is 112 Å². The van der Waals surface area contributed by atoms with Gasteiger partial charge in [-0.1, -0.05) is 24.3 Å². The summed E-state index contributed by atoms with van der Waals surface area (Å²) in [6.07, 6.45) is 3.17. The van der Waals surface area contributed by atoms with Crippen LogP contribution in [0.2, 0.25) is 0 Å². The van der Waals surface area contributed by atoms with E-state index in [0.717, 1.165) is 12.8 Å². The van der Waals surface area contributed by atoms with Gasteiger partial charge in [-0.2, -0.15) is 0 Å². The van der Waals surface area contributed by atoms with Crippen LogP contribution in [-0.2, 0) is 16.0 Å². The minimum absolute atomic E-state index is 0.0205. The number of carboxylic acids is 1. The molecule has 19 heavy (non-hydrogen) atoms. The van der Waals surface area contributed by atoms with Crippen LogP contribution < -0.4 is 5.32 Å². The van der Waals surface area contributed by atoms with Gasteiger partial charge in [0.2, 0.25) is 5.91 Å². The van der Waals surface area contributed by atoms with Gasteiger partial charge in [0.05, 0.1) is 0 Å². The molecular weight excluding hydrogens is 242 g/mol. The van der Waals surface area contributed by atoms with E-state index in [9.17, 15) is 9.59 Å². The van der Waals surface area contributed by atoms with Crippen molar-refractivity contribution in [1.82, 2.24) is 5.32 Å². The van der Waals surface area contributed by atoms with Crippen molar-refractivity contribution in [3.05, 3.63) is 35.4 Å². The van der Waals surface area contributed by atoms with Crippen LogP contribution in [0.15, 0.2) is 24.3 Å². The van der Waals surface area contributed by atoms with Crippen LogP contribution in [0.4, 0.5) is 0 Å². The SMILES string of the molecule is O=C(O)CCCNC(=O)CC1CCc2ccccc21. The van der Waals surface area contributed by atoms with E-state index in [1.165, 1.54) is 11.1 Å². The number of hydrogen-bond acceptors (Lipinski definition) is 2. The number of amides is 1. The van der Waals surface area contributed by atoms with Gasteiger partial charge < -0.3 is 10.4 Å². The quantitative estimate of drug-likeness (QED) is 0.770. The van der Waals surface area contributed by atoms with Crippen LogP contribution in [0, 0.1) is 0 Å². The Hall–Kier alpha value is -1.84. The molecule has 0 saturated carbocycles. The molecule has 1 atom stereocenters. The number of aryl methyl sites for hydroxylation is 1. The predicted octanol–water partition coefficient (Wildman–Crippen LogP) is 2.09. The Morgan fingerprint density at radius 2 is 2.11 bits per heavy atom. The van der Waals surface area contributed by atoms with Gasteiger partial charge in [-0.15, -0.1) is 0 Å². The van der Waals surface area contributed by atoms with Gasteiger partial charge in [0.15, 0.2) is 0 Å². The summed E-state index contributed by atoms with van der Waals surface area (Å²) in [4.78, 5) is 22.1. The predicted molar refractivity (Wildman–Crippen MR) is 72.0 cm³/mol. The van der Waals surface area contributed by atoms with Gasteiger partial charge in [0, 0.05) is 19.4 Å². The highest BCUT2D eigenvalue weighted by atomic mass is 16.4. The Kier molecular flexibility index (Phi) is 4.55. The maximum Gasteiger partial charge on any atom is 0.303 e. The summed E-state index contributed by atoms with van der Waals surface area (Å²) in [5.74, 6) is -0.485. The maximum absolute atomic E-state index is 11.8. The molecule has 1 amide bonds. The molecule has 1 aromatic carbocycles. The van der Waals surface area contributed by atoms with Gasteiger partial charge in [0.1, 0.15) is 0 Å². The zero-order chi connectivity index (χ0) is 13.7. The zero-order valence-electron chi connectivity index (χ0n) is 10.9. The molecule has 0 radical (unpaired) electrons. The lowest BCUT2D eigenvalue weighted by Gasteiger charge is -2.11. The number of hydrogen-bond donors (Lipinski definition) is 2. The second kappa shape index (κ2) is 6.36. The van der Waals surface area contributed by atoms with E-state index >= 15 is 0 Å². The monoisotopic (exact) mass is 261 g/mol. The number of rotatable bonds is 6. The molecule has 0 aromatic heterocycles. The van der Waals surface area contributed by atoms with Crippen LogP contribution in [0.5, 0.6) is 0 Å². The van der Waals surface area contributed by atoms with Gasteiger partial charge in [-0.25, -0.2) is 0 Å². The van der Waals surface area contributed by atoms with Crippen molar-refractivity contribution in [2.24, 2.45) is 0 Å². The molecule has 0 aliphatic heterocycles. The first-order chi connectivity index (χ1) is 9.16. The molecule has 0 bridgehead atoms. The number of aliphatic carboxylic acids is 1. The lowest BCUT2D eigenvalue weighted by atomic mass is 9.97. The number of carbonyl (C=O) groups excluding carboxylic acids is 1. The summed E-state index contributed by atoms with van der Waals surface area (Å²) in [6, 6.07) is 8.28. The summed E-state index contributed by atoms with van der Waals surface area (Å²) in [5.41, 5.74) is 2.65. The fourth-order valence-corrected chi connectivity index (χ4v) is 2.62. The lowest BCUT2D eigenvalue weighted by Crippen LogP contribution is -2.26. The summed E-state index contributed by atoms with van der Waals surface area (Å²) >= 11 is 0. The van der Waals surface area contributed by atoms with Crippen molar-refractivity contribution in [2.45, 2.75) is 38.0 Å². The third kappa shape index (κ3) is 3.81. The van der Waals surface area contributed by atoms with E-state index in [2.05, 4.69) is 17.4 Å². The first kappa shape index (κ1) is 13.6. The first-order valence-electron chi connectivity index (χ1n) is 6.73. The van der Waals surface area contributed by atoms with Crippen LogP contribution in [-0.4, -0.2) is 23.5 Å². The third-order valence-corrected chi connectivity index (χ3v) is 3.58. The minimum Gasteiger partial charge on any atom is -0.481 e. The first-order valence-corrected chi connectivity index (χ1v) is 6.73. The molecule has 102 valence electrons.